The van der Waals surface area contributed by atoms with Crippen molar-refractivity contribution in [2.45, 2.75) is 20.3 Å². The van der Waals surface area contributed by atoms with Gasteiger partial charge in [-0.2, -0.15) is 0 Å². The number of ketones is 2. The van der Waals surface area contributed by atoms with Crippen LogP contribution < -0.4 is 0 Å². The summed E-state index contributed by atoms with van der Waals surface area (Å²) in [6.45, 7) is 4.06. The lowest BCUT2D eigenvalue weighted by molar-refractivity contribution is 0.0787. The summed E-state index contributed by atoms with van der Waals surface area (Å²) in [5.41, 5.74) is 1.21. The summed E-state index contributed by atoms with van der Waals surface area (Å²) < 4.78 is 0. The molecule has 2 rings (SSSR count). The monoisotopic (exact) mass is 280 g/mol. The van der Waals surface area contributed by atoms with Crippen molar-refractivity contribution in [3.8, 4) is 0 Å². The summed E-state index contributed by atoms with van der Waals surface area (Å²) in [5.74, 6) is -0.485. The molecule has 0 spiro atoms. The van der Waals surface area contributed by atoms with Gasteiger partial charge >= 0.3 is 0 Å². The Morgan fingerprint density at radius 1 is 0.762 bits per heavy atom. The molecule has 0 aromatic heterocycles. The number of carbonyl (C=O) groups excluding carboxylic acids is 2. The van der Waals surface area contributed by atoms with Crippen molar-refractivity contribution < 1.29 is 9.59 Å². The lowest BCUT2D eigenvalue weighted by atomic mass is 9.84. The highest BCUT2D eigenvalue weighted by atomic mass is 16.2. The molecule has 0 heterocycles. The van der Waals surface area contributed by atoms with E-state index in [1.165, 1.54) is 0 Å². The molecular formula is C19H20O2. The van der Waals surface area contributed by atoms with Gasteiger partial charge < -0.3 is 0 Å². The van der Waals surface area contributed by atoms with Crippen molar-refractivity contribution >= 4 is 11.6 Å². The minimum Gasteiger partial charge on any atom is -0.293 e. The van der Waals surface area contributed by atoms with Gasteiger partial charge in [-0.05, 0) is 12.3 Å². The molecule has 108 valence electrons. The molecule has 0 aliphatic heterocycles. The van der Waals surface area contributed by atoms with Crippen LogP contribution in [0.25, 0.3) is 0 Å². The Morgan fingerprint density at radius 2 is 1.14 bits per heavy atom. The van der Waals surface area contributed by atoms with Crippen LogP contribution >= 0.6 is 0 Å². The first-order chi connectivity index (χ1) is 10.1. The van der Waals surface area contributed by atoms with E-state index in [0.717, 1.165) is 0 Å². The Hall–Kier alpha value is -2.22. The summed E-state index contributed by atoms with van der Waals surface area (Å²) in [7, 11) is 0. The highest BCUT2D eigenvalue weighted by molar-refractivity contribution is 6.16. The first kappa shape index (κ1) is 15.2. The third-order valence-corrected chi connectivity index (χ3v) is 3.46. The van der Waals surface area contributed by atoms with E-state index >= 15 is 0 Å². The number of Topliss-reactive ketones (excluding diaryl/α,β-unsaturated/α-hetero) is 2. The van der Waals surface area contributed by atoms with Gasteiger partial charge in [0, 0.05) is 11.1 Å². The summed E-state index contributed by atoms with van der Waals surface area (Å²) in [6, 6.07) is 18.1. The highest BCUT2D eigenvalue weighted by Crippen LogP contribution is 2.22. The van der Waals surface area contributed by atoms with Gasteiger partial charge in [0.1, 0.15) is 0 Å². The number of hydrogen-bond acceptors (Lipinski definition) is 2. The predicted octanol–water partition coefficient (Wildman–Crippen LogP) is 4.41. The topological polar surface area (TPSA) is 34.1 Å². The SMILES string of the molecule is CC(C)CC(C(=O)c1ccccc1)C(=O)c1ccccc1. The Morgan fingerprint density at radius 3 is 1.48 bits per heavy atom. The molecule has 0 aliphatic rings. The summed E-state index contributed by atoms with van der Waals surface area (Å²) in [5, 5.41) is 0. The van der Waals surface area contributed by atoms with Crippen molar-refractivity contribution in [2.75, 3.05) is 0 Å². The minimum atomic E-state index is -0.602. The first-order valence-corrected chi connectivity index (χ1v) is 7.28. The largest absolute Gasteiger partial charge is 0.293 e. The average molecular weight is 280 g/mol. The van der Waals surface area contributed by atoms with E-state index < -0.39 is 5.92 Å². The fourth-order valence-corrected chi connectivity index (χ4v) is 2.41. The molecule has 0 saturated heterocycles. The van der Waals surface area contributed by atoms with E-state index in [0.29, 0.717) is 17.5 Å². The molecule has 0 amide bonds. The van der Waals surface area contributed by atoms with Crippen molar-refractivity contribution in [1.29, 1.82) is 0 Å². The van der Waals surface area contributed by atoms with Crippen LogP contribution in [0.2, 0.25) is 0 Å². The zero-order chi connectivity index (χ0) is 15.2. The zero-order valence-electron chi connectivity index (χ0n) is 12.5. The molecule has 0 radical (unpaired) electrons. The van der Waals surface area contributed by atoms with E-state index in [9.17, 15) is 9.59 Å². The lowest BCUT2D eigenvalue weighted by Crippen LogP contribution is -2.26. The van der Waals surface area contributed by atoms with E-state index in [1.807, 2.05) is 50.2 Å². The summed E-state index contributed by atoms with van der Waals surface area (Å²) >= 11 is 0. The Bertz CT molecular complexity index is 548. The molecule has 2 aromatic carbocycles. The Labute approximate surface area is 125 Å². The maximum absolute atomic E-state index is 12.7. The smallest absolute Gasteiger partial charge is 0.173 e. The van der Waals surface area contributed by atoms with Crippen LogP contribution in [-0.2, 0) is 0 Å². The second kappa shape index (κ2) is 6.98. The molecular weight excluding hydrogens is 260 g/mol. The standard InChI is InChI=1S/C19H20O2/c1-14(2)13-17(18(20)15-9-5-3-6-10-15)19(21)16-11-7-4-8-12-16/h3-12,14,17H,13H2,1-2H3. The van der Waals surface area contributed by atoms with Crippen LogP contribution in [0, 0.1) is 11.8 Å². The second-order valence-electron chi connectivity index (χ2n) is 5.64. The number of benzene rings is 2. The van der Waals surface area contributed by atoms with Crippen LogP contribution in [0.5, 0.6) is 0 Å². The molecule has 0 bridgehead atoms. The lowest BCUT2D eigenvalue weighted by Gasteiger charge is -2.17. The zero-order valence-corrected chi connectivity index (χ0v) is 12.5. The maximum Gasteiger partial charge on any atom is 0.173 e. The molecule has 21 heavy (non-hydrogen) atoms. The highest BCUT2D eigenvalue weighted by Gasteiger charge is 2.28. The van der Waals surface area contributed by atoms with Gasteiger partial charge in [0.2, 0.25) is 0 Å². The number of rotatable bonds is 6. The van der Waals surface area contributed by atoms with Crippen LogP contribution in [0.4, 0.5) is 0 Å². The van der Waals surface area contributed by atoms with Crippen LogP contribution in [0.15, 0.2) is 60.7 Å². The minimum absolute atomic E-state index is 0.0850. The second-order valence-corrected chi connectivity index (χ2v) is 5.64. The van der Waals surface area contributed by atoms with E-state index in [-0.39, 0.29) is 17.5 Å². The van der Waals surface area contributed by atoms with Crippen LogP contribution in [0.1, 0.15) is 41.0 Å². The van der Waals surface area contributed by atoms with Crippen molar-refractivity contribution in [3.63, 3.8) is 0 Å². The average Bonchev–Trinajstić information content (AvgIpc) is 2.53. The molecule has 2 aromatic rings. The predicted molar refractivity (Wildman–Crippen MR) is 84.5 cm³/mol. The van der Waals surface area contributed by atoms with Gasteiger partial charge in [-0.3, -0.25) is 9.59 Å². The maximum atomic E-state index is 12.7. The molecule has 2 nitrogen and oxygen atoms in total. The van der Waals surface area contributed by atoms with Crippen molar-refractivity contribution in [3.05, 3.63) is 71.8 Å². The molecule has 2 heteroatoms. The van der Waals surface area contributed by atoms with Gasteiger partial charge in [0.25, 0.3) is 0 Å². The van der Waals surface area contributed by atoms with E-state index in [4.69, 9.17) is 0 Å². The third-order valence-electron chi connectivity index (χ3n) is 3.46. The quantitative estimate of drug-likeness (QED) is 0.580. The Kier molecular flexibility index (Phi) is 5.04. The molecule has 0 aliphatic carbocycles. The van der Waals surface area contributed by atoms with Gasteiger partial charge in [-0.25, -0.2) is 0 Å². The van der Waals surface area contributed by atoms with Gasteiger partial charge in [0.15, 0.2) is 11.6 Å². The van der Waals surface area contributed by atoms with Crippen molar-refractivity contribution in [1.82, 2.24) is 0 Å². The fraction of sp³-hybridized carbons (Fsp3) is 0.263. The van der Waals surface area contributed by atoms with Gasteiger partial charge in [-0.1, -0.05) is 74.5 Å². The molecule has 0 N–H and O–H groups in total. The van der Waals surface area contributed by atoms with Gasteiger partial charge in [0.05, 0.1) is 5.92 Å². The molecule has 0 unspecified atom stereocenters. The van der Waals surface area contributed by atoms with Crippen LogP contribution in [0.3, 0.4) is 0 Å². The first-order valence-electron chi connectivity index (χ1n) is 7.28. The Balaban J connectivity index is 2.31. The molecule has 0 saturated carbocycles. The summed E-state index contributed by atoms with van der Waals surface area (Å²) in [6.07, 6.45) is 0.571. The fourth-order valence-electron chi connectivity index (χ4n) is 2.41. The van der Waals surface area contributed by atoms with Crippen LogP contribution in [-0.4, -0.2) is 11.6 Å². The summed E-state index contributed by atoms with van der Waals surface area (Å²) in [4.78, 5) is 25.3. The van der Waals surface area contributed by atoms with Crippen molar-refractivity contribution in [2.24, 2.45) is 11.8 Å². The van der Waals surface area contributed by atoms with Gasteiger partial charge in [-0.15, -0.1) is 0 Å². The van der Waals surface area contributed by atoms with E-state index in [2.05, 4.69) is 0 Å². The number of hydrogen-bond donors (Lipinski definition) is 0. The molecule has 0 atom stereocenters. The van der Waals surface area contributed by atoms with E-state index in [1.54, 1.807) is 24.3 Å². The normalized spacial score (nSPS) is 10.9. The number of carbonyl (C=O) groups is 2. The third kappa shape index (κ3) is 3.88. The molecule has 0 fully saturated rings.